The molecule has 0 saturated heterocycles. The number of aromatic nitrogens is 1. The maximum Gasteiger partial charge on any atom is 0.265 e. The monoisotopic (exact) mass is 347 g/mol. The second-order valence-corrected chi connectivity index (χ2v) is 5.98. The quantitative estimate of drug-likeness (QED) is 0.619. The van der Waals surface area contributed by atoms with Crippen molar-refractivity contribution >= 4 is 56.6 Å². The second kappa shape index (κ2) is 6.25. The van der Waals surface area contributed by atoms with Crippen molar-refractivity contribution in [2.45, 2.75) is 4.90 Å². The van der Waals surface area contributed by atoms with Crippen LogP contribution < -0.4 is 20.1 Å². The van der Waals surface area contributed by atoms with E-state index in [0.717, 1.165) is 0 Å². The summed E-state index contributed by atoms with van der Waals surface area (Å²) in [4.78, 5) is 8.41. The standard InChI is InChI=1S/C11H11Cl2N5O2S/c12-16-7-4-5-8(17-13)9(6-7)21(19,20)18-11-3-1-2-10(14)15-11/h1-6,16-17H,(H3,14,15,18). The van der Waals surface area contributed by atoms with Crippen molar-refractivity contribution in [3.05, 3.63) is 36.4 Å². The molecule has 5 N–H and O–H groups in total. The van der Waals surface area contributed by atoms with Crippen LogP contribution in [0.2, 0.25) is 0 Å². The highest BCUT2D eigenvalue weighted by Crippen LogP contribution is 2.27. The molecule has 0 spiro atoms. The maximum atomic E-state index is 12.4. The fourth-order valence-corrected chi connectivity index (χ4v) is 3.11. The number of nitrogens with zero attached hydrogens (tertiary/aromatic N) is 1. The molecule has 7 nitrogen and oxygen atoms in total. The normalized spacial score (nSPS) is 11.0. The van der Waals surface area contributed by atoms with Gasteiger partial charge in [0, 0.05) is 23.6 Å². The largest absolute Gasteiger partial charge is 0.384 e. The van der Waals surface area contributed by atoms with Crippen LogP contribution in [0.3, 0.4) is 0 Å². The minimum absolute atomic E-state index is 0.0904. The van der Waals surface area contributed by atoms with Crippen LogP contribution in [0.1, 0.15) is 0 Å². The highest BCUT2D eigenvalue weighted by Gasteiger charge is 2.20. The lowest BCUT2D eigenvalue weighted by Gasteiger charge is -2.12. The van der Waals surface area contributed by atoms with Crippen molar-refractivity contribution < 1.29 is 8.42 Å². The van der Waals surface area contributed by atoms with Crippen molar-refractivity contribution in [1.82, 2.24) is 4.98 Å². The van der Waals surface area contributed by atoms with E-state index < -0.39 is 10.0 Å². The number of nitrogen functional groups attached to an aromatic ring is 1. The second-order valence-electron chi connectivity index (χ2n) is 3.95. The molecule has 0 amide bonds. The van der Waals surface area contributed by atoms with Gasteiger partial charge < -0.3 is 5.73 Å². The van der Waals surface area contributed by atoms with Crippen LogP contribution in [0.25, 0.3) is 0 Å². The fraction of sp³-hybridized carbons (Fsp3) is 0. The zero-order chi connectivity index (χ0) is 15.5. The molecule has 0 fully saturated rings. The van der Waals surface area contributed by atoms with Gasteiger partial charge >= 0.3 is 0 Å². The van der Waals surface area contributed by atoms with E-state index in [0.29, 0.717) is 5.69 Å². The molecule has 0 aliphatic carbocycles. The summed E-state index contributed by atoms with van der Waals surface area (Å²) >= 11 is 11.0. The summed E-state index contributed by atoms with van der Waals surface area (Å²) < 4.78 is 27.1. The first-order chi connectivity index (χ1) is 9.96. The molecule has 1 aromatic carbocycles. The van der Waals surface area contributed by atoms with Crippen molar-refractivity contribution in [3.8, 4) is 0 Å². The summed E-state index contributed by atoms with van der Waals surface area (Å²) in [6, 6.07) is 8.96. The van der Waals surface area contributed by atoms with Gasteiger partial charge in [0.25, 0.3) is 10.0 Å². The number of rotatable bonds is 5. The van der Waals surface area contributed by atoms with Crippen molar-refractivity contribution in [3.63, 3.8) is 0 Å². The Labute approximate surface area is 131 Å². The van der Waals surface area contributed by atoms with Crippen molar-refractivity contribution in [1.29, 1.82) is 0 Å². The van der Waals surface area contributed by atoms with Gasteiger partial charge in [-0.3, -0.25) is 14.4 Å². The van der Waals surface area contributed by atoms with E-state index in [-0.39, 0.29) is 22.2 Å². The zero-order valence-corrected chi connectivity index (χ0v) is 12.8. The average Bonchev–Trinajstić information content (AvgIpc) is 2.46. The van der Waals surface area contributed by atoms with Crippen LogP contribution in [0.5, 0.6) is 0 Å². The number of hydrogen-bond donors (Lipinski definition) is 4. The summed E-state index contributed by atoms with van der Waals surface area (Å²) in [6.45, 7) is 0. The Kier molecular flexibility index (Phi) is 4.61. The minimum Gasteiger partial charge on any atom is -0.384 e. The molecule has 0 aliphatic heterocycles. The number of hydrogen-bond acceptors (Lipinski definition) is 6. The highest BCUT2D eigenvalue weighted by atomic mass is 35.5. The van der Waals surface area contributed by atoms with E-state index >= 15 is 0 Å². The lowest BCUT2D eigenvalue weighted by Crippen LogP contribution is -2.15. The van der Waals surface area contributed by atoms with Gasteiger partial charge in [0.2, 0.25) is 0 Å². The first kappa shape index (κ1) is 15.5. The van der Waals surface area contributed by atoms with Gasteiger partial charge in [-0.05, 0) is 30.3 Å². The number of halogens is 2. The van der Waals surface area contributed by atoms with Gasteiger partial charge in [0.05, 0.1) is 11.4 Å². The molecule has 2 aromatic rings. The molecular formula is C11H11Cl2N5O2S. The molecule has 0 saturated carbocycles. The van der Waals surface area contributed by atoms with Crippen molar-refractivity contribution in [2.75, 3.05) is 20.1 Å². The molecule has 1 heterocycles. The molecule has 10 heteroatoms. The van der Waals surface area contributed by atoms with Gasteiger partial charge in [0.1, 0.15) is 16.5 Å². The summed E-state index contributed by atoms with van der Waals surface area (Å²) in [5.41, 5.74) is 6.11. The fourth-order valence-electron chi connectivity index (χ4n) is 1.58. The van der Waals surface area contributed by atoms with Crippen LogP contribution in [0.15, 0.2) is 41.3 Å². The van der Waals surface area contributed by atoms with Gasteiger partial charge in [0.15, 0.2) is 0 Å². The topological polar surface area (TPSA) is 109 Å². The van der Waals surface area contributed by atoms with Crippen LogP contribution in [-0.4, -0.2) is 13.4 Å². The molecule has 0 atom stereocenters. The van der Waals surface area contributed by atoms with E-state index in [1.54, 1.807) is 18.2 Å². The molecule has 0 radical (unpaired) electrons. The molecular weight excluding hydrogens is 337 g/mol. The Balaban J connectivity index is 2.43. The lowest BCUT2D eigenvalue weighted by molar-refractivity contribution is 0.601. The molecule has 21 heavy (non-hydrogen) atoms. The summed E-state index contributed by atoms with van der Waals surface area (Å²) in [6.07, 6.45) is 0. The molecule has 112 valence electrons. The third kappa shape index (κ3) is 3.60. The van der Waals surface area contributed by atoms with Crippen LogP contribution >= 0.6 is 23.6 Å². The van der Waals surface area contributed by atoms with Crippen LogP contribution in [0, 0.1) is 0 Å². The Morgan fingerprint density at radius 1 is 1.10 bits per heavy atom. The summed E-state index contributed by atoms with van der Waals surface area (Å²) in [5, 5.41) is 0. The van der Waals surface area contributed by atoms with Gasteiger partial charge in [-0.15, -0.1) is 0 Å². The van der Waals surface area contributed by atoms with E-state index in [2.05, 4.69) is 19.4 Å². The number of benzene rings is 1. The van der Waals surface area contributed by atoms with Crippen molar-refractivity contribution in [2.24, 2.45) is 0 Å². The van der Waals surface area contributed by atoms with Crippen LogP contribution in [-0.2, 0) is 10.0 Å². The number of pyridine rings is 1. The highest BCUT2D eigenvalue weighted by molar-refractivity contribution is 7.92. The molecule has 0 bridgehead atoms. The van der Waals surface area contributed by atoms with E-state index in [1.807, 2.05) is 0 Å². The van der Waals surface area contributed by atoms with E-state index in [9.17, 15) is 8.42 Å². The lowest BCUT2D eigenvalue weighted by atomic mass is 10.3. The Hall–Kier alpha value is -1.90. The molecule has 0 unspecified atom stereocenters. The predicted molar refractivity (Wildman–Crippen MR) is 84.9 cm³/mol. The Morgan fingerprint density at radius 3 is 2.48 bits per heavy atom. The predicted octanol–water partition coefficient (Wildman–Crippen LogP) is 2.60. The van der Waals surface area contributed by atoms with Gasteiger partial charge in [-0.25, -0.2) is 13.4 Å². The number of nitrogens with two attached hydrogens (primary N) is 1. The number of nitrogens with one attached hydrogen (secondary N) is 3. The zero-order valence-electron chi connectivity index (χ0n) is 10.5. The average molecular weight is 348 g/mol. The first-order valence-corrected chi connectivity index (χ1v) is 7.83. The first-order valence-electron chi connectivity index (χ1n) is 5.59. The van der Waals surface area contributed by atoms with Gasteiger partial charge in [-0.1, -0.05) is 6.07 Å². The van der Waals surface area contributed by atoms with E-state index in [4.69, 9.17) is 29.3 Å². The maximum absolute atomic E-state index is 12.4. The minimum atomic E-state index is -3.92. The smallest absolute Gasteiger partial charge is 0.265 e. The SMILES string of the molecule is Nc1cccc(NS(=O)(=O)c2cc(NCl)ccc2NCl)n1. The number of sulfonamides is 1. The third-order valence-corrected chi connectivity index (χ3v) is 4.31. The Morgan fingerprint density at radius 2 is 1.86 bits per heavy atom. The molecule has 0 aliphatic rings. The summed E-state index contributed by atoms with van der Waals surface area (Å²) in [5.74, 6) is 0.293. The molecule has 1 aromatic heterocycles. The molecule has 2 rings (SSSR count). The van der Waals surface area contributed by atoms with E-state index in [1.165, 1.54) is 18.2 Å². The number of anilines is 4. The third-order valence-electron chi connectivity index (χ3n) is 2.49. The summed E-state index contributed by atoms with van der Waals surface area (Å²) in [7, 11) is -3.92. The van der Waals surface area contributed by atoms with Gasteiger partial charge in [-0.2, -0.15) is 0 Å². The Bertz CT molecular complexity index is 754. The van der Waals surface area contributed by atoms with Crippen LogP contribution in [0.4, 0.5) is 23.0 Å².